The predicted octanol–water partition coefficient (Wildman–Crippen LogP) is 4.07. The Kier molecular flexibility index (Phi) is 5.27. The monoisotopic (exact) mass is 416 g/mol. The van der Waals surface area contributed by atoms with Gasteiger partial charge in [-0.25, -0.2) is 4.98 Å². The zero-order chi connectivity index (χ0) is 19.8. The number of hydrogen-bond acceptors (Lipinski definition) is 7. The third-order valence-electron chi connectivity index (χ3n) is 5.12. The molecule has 2 aromatic heterocycles. The van der Waals surface area contributed by atoms with E-state index in [1.165, 1.54) is 22.7 Å². The van der Waals surface area contributed by atoms with Gasteiger partial charge >= 0.3 is 0 Å². The number of thiophene rings is 1. The molecule has 3 aromatic rings. The van der Waals surface area contributed by atoms with Crippen molar-refractivity contribution >= 4 is 49.6 Å². The van der Waals surface area contributed by atoms with Crippen molar-refractivity contribution in [2.75, 3.05) is 44.5 Å². The predicted molar refractivity (Wildman–Crippen MR) is 117 cm³/mol. The first kappa shape index (κ1) is 19.2. The Balaban J connectivity index is 1.66. The normalized spacial score (nSPS) is 16.9. The number of ether oxygens (including phenoxy) is 1. The van der Waals surface area contributed by atoms with Crippen LogP contribution in [0.15, 0.2) is 24.3 Å². The van der Waals surface area contributed by atoms with Crippen LogP contribution in [0.2, 0.25) is 0 Å². The first-order valence-corrected chi connectivity index (χ1v) is 10.9. The number of nitrogens with zero attached hydrogens (tertiary/aromatic N) is 3. The highest BCUT2D eigenvalue weighted by molar-refractivity contribution is 7.23. The summed E-state index contributed by atoms with van der Waals surface area (Å²) in [6.07, 6.45) is 1.14. The van der Waals surface area contributed by atoms with Crippen LogP contribution < -0.4 is 15.0 Å². The molecule has 0 bridgehead atoms. The number of nitrogens with one attached hydrogen (secondary N) is 1. The summed E-state index contributed by atoms with van der Waals surface area (Å²) in [5.74, 6) is 0.609. The van der Waals surface area contributed by atoms with Crippen molar-refractivity contribution in [1.29, 1.82) is 0 Å². The summed E-state index contributed by atoms with van der Waals surface area (Å²) in [6.45, 7) is 3.99. The van der Waals surface area contributed by atoms with Crippen molar-refractivity contribution in [3.05, 3.63) is 34.0 Å². The second kappa shape index (κ2) is 7.69. The smallest absolute Gasteiger partial charge is 0.267 e. The number of rotatable bonds is 5. The minimum Gasteiger partial charge on any atom is -0.494 e. The first-order chi connectivity index (χ1) is 13.5. The average Bonchev–Trinajstić information content (AvgIpc) is 3.39. The number of methoxy groups -OCH3 is 1. The Morgan fingerprint density at radius 1 is 1.29 bits per heavy atom. The molecule has 1 aromatic carbocycles. The van der Waals surface area contributed by atoms with Gasteiger partial charge in [0.05, 0.1) is 22.4 Å². The summed E-state index contributed by atoms with van der Waals surface area (Å²) in [5, 5.41) is 3.55. The van der Waals surface area contributed by atoms with E-state index in [-0.39, 0.29) is 5.91 Å². The zero-order valence-electron chi connectivity index (χ0n) is 16.5. The molecule has 3 heterocycles. The molecule has 0 spiro atoms. The van der Waals surface area contributed by atoms with Crippen LogP contribution in [-0.2, 0) is 0 Å². The SMILES string of the molecule is COc1ccc(N2CCC(N(C)C)C2)c2sc(NC(=O)c3ccc(C)s3)nc12. The third kappa shape index (κ3) is 3.59. The van der Waals surface area contributed by atoms with Gasteiger partial charge in [0.2, 0.25) is 0 Å². The van der Waals surface area contributed by atoms with Crippen molar-refractivity contribution in [1.82, 2.24) is 9.88 Å². The van der Waals surface area contributed by atoms with Gasteiger partial charge < -0.3 is 14.5 Å². The number of fused-ring (bicyclic) bond motifs is 1. The van der Waals surface area contributed by atoms with Crippen molar-refractivity contribution in [2.24, 2.45) is 0 Å². The summed E-state index contributed by atoms with van der Waals surface area (Å²) in [4.78, 5) is 23.7. The van der Waals surface area contributed by atoms with E-state index >= 15 is 0 Å². The minimum atomic E-state index is -0.119. The molecule has 1 aliphatic heterocycles. The van der Waals surface area contributed by atoms with Crippen molar-refractivity contribution in [3.8, 4) is 5.75 Å². The van der Waals surface area contributed by atoms with Gasteiger partial charge in [0.15, 0.2) is 5.13 Å². The number of anilines is 2. The Morgan fingerprint density at radius 2 is 2.11 bits per heavy atom. The number of amides is 1. The lowest BCUT2D eigenvalue weighted by molar-refractivity contribution is 0.103. The van der Waals surface area contributed by atoms with E-state index in [0.29, 0.717) is 16.1 Å². The number of carbonyl (C=O) groups is 1. The van der Waals surface area contributed by atoms with Crippen LogP contribution in [0.3, 0.4) is 0 Å². The minimum absolute atomic E-state index is 0.119. The highest BCUT2D eigenvalue weighted by Crippen LogP contribution is 2.40. The number of thiazole rings is 1. The molecule has 8 heteroatoms. The third-order valence-corrected chi connectivity index (χ3v) is 7.12. The maximum Gasteiger partial charge on any atom is 0.267 e. The molecule has 1 atom stereocenters. The molecule has 6 nitrogen and oxygen atoms in total. The Bertz CT molecular complexity index is 1010. The van der Waals surface area contributed by atoms with Crippen molar-refractivity contribution in [2.45, 2.75) is 19.4 Å². The van der Waals surface area contributed by atoms with Crippen LogP contribution in [0, 0.1) is 6.92 Å². The highest BCUT2D eigenvalue weighted by Gasteiger charge is 2.27. The van der Waals surface area contributed by atoms with Gasteiger partial charge in [0.1, 0.15) is 11.3 Å². The van der Waals surface area contributed by atoms with Crippen LogP contribution in [0.25, 0.3) is 10.2 Å². The van der Waals surface area contributed by atoms with Crippen molar-refractivity contribution < 1.29 is 9.53 Å². The summed E-state index contributed by atoms with van der Waals surface area (Å²) < 4.78 is 6.57. The molecule has 4 rings (SSSR count). The molecule has 0 saturated carbocycles. The van der Waals surface area contributed by atoms with Gasteiger partial charge in [-0.1, -0.05) is 11.3 Å². The second-order valence-electron chi connectivity index (χ2n) is 7.20. The summed E-state index contributed by atoms with van der Waals surface area (Å²) in [6, 6.07) is 8.42. The molecule has 1 fully saturated rings. The fourth-order valence-electron chi connectivity index (χ4n) is 3.53. The van der Waals surface area contributed by atoms with E-state index in [4.69, 9.17) is 4.74 Å². The van der Waals surface area contributed by atoms with E-state index in [9.17, 15) is 4.79 Å². The summed E-state index contributed by atoms with van der Waals surface area (Å²) >= 11 is 2.99. The average molecular weight is 417 g/mol. The lowest BCUT2D eigenvalue weighted by Gasteiger charge is -2.22. The van der Waals surface area contributed by atoms with E-state index in [2.05, 4.69) is 40.3 Å². The largest absolute Gasteiger partial charge is 0.494 e. The molecule has 0 radical (unpaired) electrons. The number of likely N-dealkylation sites (N-methyl/N-ethyl adjacent to an activating group) is 1. The maximum absolute atomic E-state index is 12.5. The van der Waals surface area contributed by atoms with Gasteiger partial charge in [-0.15, -0.1) is 11.3 Å². The Hall–Kier alpha value is -2.16. The Morgan fingerprint density at radius 3 is 2.75 bits per heavy atom. The molecule has 1 saturated heterocycles. The standard InChI is InChI=1S/C20H24N4O2S2/c1-12-5-8-16(27-12)19(25)22-20-21-17-15(26-4)7-6-14(18(17)28-20)24-10-9-13(11-24)23(2)3/h5-8,13H,9-11H2,1-4H3,(H,21,22,25). The van der Waals surface area contributed by atoms with Crippen LogP contribution in [0.1, 0.15) is 21.0 Å². The fraction of sp³-hybridized carbons (Fsp3) is 0.400. The van der Waals surface area contributed by atoms with Gasteiger partial charge in [0, 0.05) is 24.0 Å². The molecule has 0 aliphatic carbocycles. The molecule has 1 aliphatic rings. The first-order valence-electron chi connectivity index (χ1n) is 9.23. The molecule has 1 amide bonds. The second-order valence-corrected chi connectivity index (χ2v) is 9.49. The zero-order valence-corrected chi connectivity index (χ0v) is 18.1. The number of aryl methyl sites for hydroxylation is 1. The lowest BCUT2D eigenvalue weighted by Crippen LogP contribution is -2.31. The quantitative estimate of drug-likeness (QED) is 0.680. The fourth-order valence-corrected chi connectivity index (χ4v) is 5.32. The molecular weight excluding hydrogens is 392 g/mol. The van der Waals surface area contributed by atoms with Crippen LogP contribution in [0.4, 0.5) is 10.8 Å². The Labute approximate surface area is 172 Å². The summed E-state index contributed by atoms with van der Waals surface area (Å²) in [7, 11) is 5.91. The molecule has 1 unspecified atom stereocenters. The summed E-state index contributed by atoms with van der Waals surface area (Å²) in [5.41, 5.74) is 1.96. The van der Waals surface area contributed by atoms with E-state index in [1.807, 2.05) is 25.1 Å². The lowest BCUT2D eigenvalue weighted by atomic mass is 10.2. The molecule has 148 valence electrons. The number of benzene rings is 1. The van der Waals surface area contributed by atoms with Gasteiger partial charge in [-0.3, -0.25) is 10.1 Å². The molecular formula is C20H24N4O2S2. The number of hydrogen-bond donors (Lipinski definition) is 1. The van der Waals surface area contributed by atoms with E-state index in [1.54, 1.807) is 7.11 Å². The van der Waals surface area contributed by atoms with Crippen LogP contribution in [0.5, 0.6) is 5.75 Å². The number of aromatic nitrogens is 1. The van der Waals surface area contributed by atoms with Gasteiger partial charge in [-0.2, -0.15) is 0 Å². The molecule has 1 N–H and O–H groups in total. The van der Waals surface area contributed by atoms with E-state index < -0.39 is 0 Å². The van der Waals surface area contributed by atoms with Crippen molar-refractivity contribution in [3.63, 3.8) is 0 Å². The van der Waals surface area contributed by atoms with Gasteiger partial charge in [-0.05, 0) is 51.7 Å². The number of carbonyl (C=O) groups excluding carboxylic acids is 1. The molecule has 28 heavy (non-hydrogen) atoms. The van der Waals surface area contributed by atoms with Gasteiger partial charge in [0.25, 0.3) is 5.91 Å². The van der Waals surface area contributed by atoms with Crippen LogP contribution in [-0.4, -0.2) is 56.1 Å². The topological polar surface area (TPSA) is 57.7 Å². The van der Waals surface area contributed by atoms with E-state index in [0.717, 1.165) is 46.0 Å². The van der Waals surface area contributed by atoms with Crippen LogP contribution >= 0.6 is 22.7 Å². The maximum atomic E-state index is 12.5. The highest BCUT2D eigenvalue weighted by atomic mass is 32.1.